The zero-order valence-corrected chi connectivity index (χ0v) is 12.5. The van der Waals surface area contributed by atoms with Gasteiger partial charge in [-0.15, -0.1) is 0 Å². The minimum absolute atomic E-state index is 0.662. The Bertz CT molecular complexity index is 532. The Morgan fingerprint density at radius 3 is 2.38 bits per heavy atom. The van der Waals surface area contributed by atoms with Crippen LogP contribution in [0, 0.1) is 0 Å². The summed E-state index contributed by atoms with van der Waals surface area (Å²) in [6, 6.07) is 7.92. The molecular weight excluding hydrogens is 268 g/mol. The minimum Gasteiger partial charge on any atom is -0.472 e. The van der Waals surface area contributed by atoms with Gasteiger partial charge < -0.3 is 24.5 Å². The fourth-order valence-corrected chi connectivity index (χ4v) is 2.18. The first kappa shape index (κ1) is 15.4. The van der Waals surface area contributed by atoms with E-state index in [4.69, 9.17) is 19.6 Å². The van der Waals surface area contributed by atoms with Crippen LogP contribution in [-0.4, -0.2) is 40.5 Å². The second kappa shape index (κ2) is 7.71. The second-order valence-electron chi connectivity index (χ2n) is 4.76. The number of benzene rings is 1. The van der Waals surface area contributed by atoms with Crippen molar-refractivity contribution in [1.82, 2.24) is 0 Å². The van der Waals surface area contributed by atoms with Crippen LogP contribution in [0.4, 0.5) is 11.4 Å². The fraction of sp³-hybridized carbons (Fsp3) is 0.375. The molecule has 0 fully saturated rings. The molecule has 0 aliphatic rings. The molecule has 0 saturated carbocycles. The van der Waals surface area contributed by atoms with Crippen molar-refractivity contribution in [3.05, 3.63) is 36.8 Å². The van der Waals surface area contributed by atoms with E-state index < -0.39 is 0 Å². The molecule has 1 heterocycles. The number of hydrogen-bond acceptors (Lipinski definition) is 5. The first-order valence-corrected chi connectivity index (χ1v) is 6.91. The molecule has 2 N–H and O–H groups in total. The summed E-state index contributed by atoms with van der Waals surface area (Å²) in [5.74, 6) is 0. The van der Waals surface area contributed by atoms with Crippen molar-refractivity contribution in [3.8, 4) is 11.1 Å². The molecule has 0 bridgehead atoms. The lowest BCUT2D eigenvalue weighted by Gasteiger charge is -2.25. The number of nitrogens with two attached hydrogens (primary N) is 1. The van der Waals surface area contributed by atoms with Gasteiger partial charge in [-0.2, -0.15) is 0 Å². The monoisotopic (exact) mass is 290 g/mol. The molecule has 0 amide bonds. The van der Waals surface area contributed by atoms with E-state index in [-0.39, 0.29) is 0 Å². The highest BCUT2D eigenvalue weighted by molar-refractivity contribution is 5.79. The molecule has 2 rings (SSSR count). The SMILES string of the molecule is COCCN(CCOC)c1ccc(N)c(-c2ccoc2)c1. The Balaban J connectivity index is 2.25. The number of nitrogens with zero attached hydrogens (tertiary/aromatic N) is 1. The van der Waals surface area contributed by atoms with Crippen LogP contribution in [0.25, 0.3) is 11.1 Å². The van der Waals surface area contributed by atoms with Crippen LogP contribution < -0.4 is 10.6 Å². The fourth-order valence-electron chi connectivity index (χ4n) is 2.18. The lowest BCUT2D eigenvalue weighted by atomic mass is 10.1. The maximum Gasteiger partial charge on any atom is 0.0981 e. The lowest BCUT2D eigenvalue weighted by molar-refractivity contribution is 0.190. The average Bonchev–Trinajstić information content (AvgIpc) is 3.02. The van der Waals surface area contributed by atoms with Crippen LogP contribution in [0.5, 0.6) is 0 Å². The summed E-state index contributed by atoms with van der Waals surface area (Å²) in [5.41, 5.74) is 9.85. The summed E-state index contributed by atoms with van der Waals surface area (Å²) in [5, 5.41) is 0. The van der Waals surface area contributed by atoms with Crippen molar-refractivity contribution in [2.45, 2.75) is 0 Å². The molecule has 0 spiro atoms. The van der Waals surface area contributed by atoms with Crippen molar-refractivity contribution in [2.75, 3.05) is 51.2 Å². The Morgan fingerprint density at radius 1 is 1.10 bits per heavy atom. The molecule has 0 aliphatic carbocycles. The number of methoxy groups -OCH3 is 2. The molecule has 5 heteroatoms. The second-order valence-corrected chi connectivity index (χ2v) is 4.76. The minimum atomic E-state index is 0.662. The van der Waals surface area contributed by atoms with Gasteiger partial charge in [-0.1, -0.05) is 0 Å². The summed E-state index contributed by atoms with van der Waals surface area (Å²) < 4.78 is 15.5. The van der Waals surface area contributed by atoms with E-state index in [9.17, 15) is 0 Å². The third kappa shape index (κ3) is 4.00. The molecule has 114 valence electrons. The molecule has 0 aliphatic heterocycles. The summed E-state index contributed by atoms with van der Waals surface area (Å²) >= 11 is 0. The summed E-state index contributed by atoms with van der Waals surface area (Å²) in [4.78, 5) is 2.22. The standard InChI is InChI=1S/C16H22N2O3/c1-19-9-6-18(7-10-20-2)14-3-4-16(17)15(11-14)13-5-8-21-12-13/h3-5,8,11-12H,6-7,9-10,17H2,1-2H3. The molecule has 2 aromatic rings. The normalized spacial score (nSPS) is 10.8. The largest absolute Gasteiger partial charge is 0.472 e. The van der Waals surface area contributed by atoms with Crippen molar-refractivity contribution in [2.24, 2.45) is 0 Å². The zero-order valence-electron chi connectivity index (χ0n) is 12.5. The highest BCUT2D eigenvalue weighted by atomic mass is 16.5. The molecule has 5 nitrogen and oxygen atoms in total. The van der Waals surface area contributed by atoms with Gasteiger partial charge in [0.2, 0.25) is 0 Å². The molecule has 0 unspecified atom stereocenters. The van der Waals surface area contributed by atoms with Gasteiger partial charge in [0.15, 0.2) is 0 Å². The number of ether oxygens (including phenoxy) is 2. The highest BCUT2D eigenvalue weighted by Gasteiger charge is 2.10. The van der Waals surface area contributed by atoms with E-state index in [1.807, 2.05) is 18.2 Å². The molecular formula is C16H22N2O3. The number of hydrogen-bond donors (Lipinski definition) is 1. The van der Waals surface area contributed by atoms with Crippen molar-refractivity contribution < 1.29 is 13.9 Å². The maximum atomic E-state index is 6.07. The van der Waals surface area contributed by atoms with Crippen molar-refractivity contribution in [1.29, 1.82) is 0 Å². The van der Waals surface area contributed by atoms with Crippen LogP contribution in [0.15, 0.2) is 41.2 Å². The zero-order chi connectivity index (χ0) is 15.1. The molecule has 0 radical (unpaired) electrons. The van der Waals surface area contributed by atoms with Crippen LogP contribution in [-0.2, 0) is 9.47 Å². The lowest BCUT2D eigenvalue weighted by Crippen LogP contribution is -2.30. The summed E-state index contributed by atoms with van der Waals surface area (Å²) in [6.07, 6.45) is 3.35. The van der Waals surface area contributed by atoms with Crippen LogP contribution in [0.3, 0.4) is 0 Å². The van der Waals surface area contributed by atoms with Gasteiger partial charge in [0.25, 0.3) is 0 Å². The maximum absolute atomic E-state index is 6.07. The van der Waals surface area contributed by atoms with E-state index in [2.05, 4.69) is 11.0 Å². The first-order valence-electron chi connectivity index (χ1n) is 6.91. The number of rotatable bonds is 8. The molecule has 0 atom stereocenters. The third-order valence-corrected chi connectivity index (χ3v) is 3.36. The summed E-state index contributed by atoms with van der Waals surface area (Å²) in [6.45, 7) is 2.92. The Labute approximate surface area is 125 Å². The topological polar surface area (TPSA) is 60.9 Å². The van der Waals surface area contributed by atoms with E-state index in [0.717, 1.165) is 35.6 Å². The van der Waals surface area contributed by atoms with E-state index >= 15 is 0 Å². The Kier molecular flexibility index (Phi) is 5.66. The Morgan fingerprint density at radius 2 is 1.81 bits per heavy atom. The molecule has 1 aromatic carbocycles. The smallest absolute Gasteiger partial charge is 0.0981 e. The predicted octanol–water partition coefficient (Wildman–Crippen LogP) is 2.63. The molecule has 0 saturated heterocycles. The van der Waals surface area contributed by atoms with E-state index in [0.29, 0.717) is 13.2 Å². The molecule has 1 aromatic heterocycles. The van der Waals surface area contributed by atoms with Gasteiger partial charge >= 0.3 is 0 Å². The van der Waals surface area contributed by atoms with Gasteiger partial charge in [-0.3, -0.25) is 0 Å². The number of anilines is 2. The summed E-state index contributed by atoms with van der Waals surface area (Å²) in [7, 11) is 3.41. The van der Waals surface area contributed by atoms with Gasteiger partial charge in [0.1, 0.15) is 0 Å². The van der Waals surface area contributed by atoms with Crippen molar-refractivity contribution >= 4 is 11.4 Å². The van der Waals surface area contributed by atoms with E-state index in [1.165, 1.54) is 0 Å². The number of furan rings is 1. The van der Waals surface area contributed by atoms with E-state index in [1.54, 1.807) is 26.7 Å². The first-order chi connectivity index (χ1) is 10.3. The van der Waals surface area contributed by atoms with Gasteiger partial charge in [0, 0.05) is 49.8 Å². The Hall–Kier alpha value is -1.98. The van der Waals surface area contributed by atoms with Crippen LogP contribution in [0.1, 0.15) is 0 Å². The van der Waals surface area contributed by atoms with Crippen molar-refractivity contribution in [3.63, 3.8) is 0 Å². The predicted molar refractivity (Wildman–Crippen MR) is 84.5 cm³/mol. The van der Waals surface area contributed by atoms with Gasteiger partial charge in [-0.05, 0) is 24.3 Å². The van der Waals surface area contributed by atoms with Gasteiger partial charge in [-0.25, -0.2) is 0 Å². The highest BCUT2D eigenvalue weighted by Crippen LogP contribution is 2.30. The van der Waals surface area contributed by atoms with Gasteiger partial charge in [0.05, 0.1) is 25.7 Å². The molecule has 21 heavy (non-hydrogen) atoms. The number of nitrogen functional groups attached to an aromatic ring is 1. The average molecular weight is 290 g/mol. The quantitative estimate of drug-likeness (QED) is 0.757. The van der Waals surface area contributed by atoms with Crippen LogP contribution >= 0.6 is 0 Å². The third-order valence-electron chi connectivity index (χ3n) is 3.36. The van der Waals surface area contributed by atoms with Crippen LogP contribution in [0.2, 0.25) is 0 Å².